The zero-order chi connectivity index (χ0) is 25.8. The van der Waals surface area contributed by atoms with Gasteiger partial charge in [0, 0.05) is 5.69 Å². The molecule has 0 radical (unpaired) electrons. The van der Waals surface area contributed by atoms with Crippen LogP contribution in [0.2, 0.25) is 0 Å². The van der Waals surface area contributed by atoms with Crippen LogP contribution in [0.1, 0.15) is 43.7 Å². The Morgan fingerprint density at radius 1 is 0.861 bits per heavy atom. The molecule has 2 amide bonds. The molecule has 0 N–H and O–H groups in total. The number of halogens is 2. The Kier molecular flexibility index (Phi) is 7.00. The molecule has 0 aliphatic carbocycles. The SMILES string of the molecule is CCOC(=O)c1ncn(-c2ccc(C)cc2)c1N(C(=O)c1ccccc1F)C(=O)c1ccccc1F. The maximum atomic E-state index is 14.7. The number of anilines is 1. The third-order valence-electron chi connectivity index (χ3n) is 5.35. The van der Waals surface area contributed by atoms with Gasteiger partial charge in [-0.1, -0.05) is 42.0 Å². The molecule has 1 heterocycles. The van der Waals surface area contributed by atoms with Crippen LogP contribution in [-0.4, -0.2) is 33.9 Å². The number of carbonyl (C=O) groups is 3. The van der Waals surface area contributed by atoms with Crippen molar-refractivity contribution >= 4 is 23.6 Å². The summed E-state index contributed by atoms with van der Waals surface area (Å²) >= 11 is 0. The fourth-order valence-electron chi connectivity index (χ4n) is 3.59. The fraction of sp³-hybridized carbons (Fsp3) is 0.111. The van der Waals surface area contributed by atoms with Crippen LogP contribution in [0.5, 0.6) is 0 Å². The molecule has 0 aliphatic heterocycles. The van der Waals surface area contributed by atoms with Crippen molar-refractivity contribution in [2.75, 3.05) is 11.5 Å². The number of aromatic nitrogens is 2. The summed E-state index contributed by atoms with van der Waals surface area (Å²) in [6.07, 6.45) is 1.24. The largest absolute Gasteiger partial charge is 0.461 e. The van der Waals surface area contributed by atoms with Gasteiger partial charge in [-0.15, -0.1) is 0 Å². The summed E-state index contributed by atoms with van der Waals surface area (Å²) in [5, 5.41) is 0. The number of rotatable bonds is 6. The number of esters is 1. The van der Waals surface area contributed by atoms with E-state index >= 15 is 0 Å². The molecule has 0 aliphatic rings. The van der Waals surface area contributed by atoms with E-state index in [9.17, 15) is 23.2 Å². The van der Waals surface area contributed by atoms with E-state index in [4.69, 9.17) is 4.74 Å². The van der Waals surface area contributed by atoms with E-state index in [0.717, 1.165) is 17.7 Å². The van der Waals surface area contributed by atoms with Gasteiger partial charge in [-0.25, -0.2) is 23.5 Å². The van der Waals surface area contributed by atoms with Gasteiger partial charge in [-0.2, -0.15) is 0 Å². The highest BCUT2D eigenvalue weighted by Crippen LogP contribution is 2.29. The summed E-state index contributed by atoms with van der Waals surface area (Å²) in [5.41, 5.74) is 0.119. The van der Waals surface area contributed by atoms with Crippen molar-refractivity contribution in [3.8, 4) is 5.69 Å². The number of nitrogens with zero attached hydrogens (tertiary/aromatic N) is 3. The van der Waals surface area contributed by atoms with Crippen molar-refractivity contribution in [2.24, 2.45) is 0 Å². The molecule has 4 aromatic rings. The lowest BCUT2D eigenvalue weighted by atomic mass is 10.1. The molecule has 0 saturated carbocycles. The summed E-state index contributed by atoms with van der Waals surface area (Å²) in [6.45, 7) is 3.46. The molecule has 0 fully saturated rings. The Balaban J connectivity index is 2.01. The Bertz CT molecular complexity index is 1390. The first kappa shape index (κ1) is 24.5. The summed E-state index contributed by atoms with van der Waals surface area (Å²) in [4.78, 5) is 44.9. The van der Waals surface area contributed by atoms with Gasteiger partial charge in [0.15, 0.2) is 11.5 Å². The number of carbonyl (C=O) groups excluding carboxylic acids is 3. The fourth-order valence-corrected chi connectivity index (χ4v) is 3.59. The number of ether oxygens (including phenoxy) is 1. The Morgan fingerprint density at radius 3 is 1.89 bits per heavy atom. The number of hydrogen-bond acceptors (Lipinski definition) is 5. The van der Waals surface area contributed by atoms with Crippen molar-refractivity contribution in [2.45, 2.75) is 13.8 Å². The maximum Gasteiger partial charge on any atom is 0.360 e. The normalized spacial score (nSPS) is 10.7. The van der Waals surface area contributed by atoms with Crippen molar-refractivity contribution < 1.29 is 27.9 Å². The van der Waals surface area contributed by atoms with Gasteiger partial charge in [0.1, 0.15) is 18.0 Å². The molecule has 3 aromatic carbocycles. The van der Waals surface area contributed by atoms with Gasteiger partial charge in [-0.3, -0.25) is 14.2 Å². The van der Waals surface area contributed by atoms with Crippen molar-refractivity contribution in [3.63, 3.8) is 0 Å². The average molecular weight is 489 g/mol. The number of aryl methyl sites for hydroxylation is 1. The van der Waals surface area contributed by atoms with Gasteiger partial charge < -0.3 is 4.74 Å². The lowest BCUT2D eigenvalue weighted by Gasteiger charge is -2.24. The molecule has 0 unspecified atom stereocenters. The van der Waals surface area contributed by atoms with Crippen LogP contribution in [-0.2, 0) is 4.74 Å². The minimum absolute atomic E-state index is 0.00180. The molecular formula is C27H21F2N3O4. The van der Waals surface area contributed by atoms with E-state index in [-0.39, 0.29) is 18.1 Å². The second-order valence-electron chi connectivity index (χ2n) is 7.75. The quantitative estimate of drug-likeness (QED) is 0.277. The third-order valence-corrected chi connectivity index (χ3v) is 5.35. The van der Waals surface area contributed by atoms with E-state index in [2.05, 4.69) is 4.98 Å². The number of amides is 2. The predicted molar refractivity (Wildman–Crippen MR) is 128 cm³/mol. The number of benzene rings is 3. The Hall–Kier alpha value is -4.66. The van der Waals surface area contributed by atoms with E-state index < -0.39 is 40.5 Å². The van der Waals surface area contributed by atoms with Crippen LogP contribution < -0.4 is 4.90 Å². The van der Waals surface area contributed by atoms with Crippen molar-refractivity contribution in [1.29, 1.82) is 0 Å². The first-order chi connectivity index (χ1) is 17.3. The topological polar surface area (TPSA) is 81.5 Å². The molecule has 36 heavy (non-hydrogen) atoms. The van der Waals surface area contributed by atoms with Crippen LogP contribution in [0.15, 0.2) is 79.1 Å². The molecule has 1 aromatic heterocycles. The lowest BCUT2D eigenvalue weighted by Crippen LogP contribution is -2.40. The van der Waals surface area contributed by atoms with Gasteiger partial charge in [0.25, 0.3) is 11.8 Å². The molecular weight excluding hydrogens is 468 g/mol. The molecule has 0 atom stereocenters. The second kappa shape index (κ2) is 10.3. The van der Waals surface area contributed by atoms with Crippen LogP contribution in [0.25, 0.3) is 5.69 Å². The smallest absolute Gasteiger partial charge is 0.360 e. The zero-order valence-electron chi connectivity index (χ0n) is 19.4. The molecule has 7 nitrogen and oxygen atoms in total. The van der Waals surface area contributed by atoms with Crippen LogP contribution in [0.4, 0.5) is 14.6 Å². The van der Waals surface area contributed by atoms with Gasteiger partial charge >= 0.3 is 5.97 Å². The summed E-state index contributed by atoms with van der Waals surface area (Å²) in [6, 6.07) is 17.1. The monoisotopic (exact) mass is 489 g/mol. The highest BCUT2D eigenvalue weighted by Gasteiger charge is 2.36. The predicted octanol–water partition coefficient (Wildman–Crippen LogP) is 5.12. The van der Waals surface area contributed by atoms with E-state index in [0.29, 0.717) is 10.6 Å². The second-order valence-corrected chi connectivity index (χ2v) is 7.75. The number of hydrogen-bond donors (Lipinski definition) is 0. The molecule has 0 bridgehead atoms. The first-order valence-electron chi connectivity index (χ1n) is 11.0. The Labute approximate surface area is 205 Å². The average Bonchev–Trinajstić information content (AvgIpc) is 3.30. The number of imidazole rings is 1. The standard InChI is InChI=1S/C27H21F2N3O4/c1-3-36-27(35)23-24(31(16-30-23)18-14-12-17(2)13-15-18)32(25(33)19-8-4-6-10-21(19)28)26(34)20-9-5-7-11-22(20)29/h4-16H,3H2,1-2H3. The zero-order valence-corrected chi connectivity index (χ0v) is 19.4. The van der Waals surface area contributed by atoms with Crippen LogP contribution in [0.3, 0.4) is 0 Å². The van der Waals surface area contributed by atoms with Gasteiger partial charge in [-0.05, 0) is 50.2 Å². The van der Waals surface area contributed by atoms with E-state index in [1.807, 2.05) is 6.92 Å². The Morgan fingerprint density at radius 2 is 1.39 bits per heavy atom. The summed E-state index contributed by atoms with van der Waals surface area (Å²) < 4.78 is 35.8. The molecule has 4 rings (SSSR count). The van der Waals surface area contributed by atoms with Crippen LogP contribution in [0, 0.1) is 18.6 Å². The maximum absolute atomic E-state index is 14.7. The lowest BCUT2D eigenvalue weighted by molar-refractivity contribution is 0.0521. The van der Waals surface area contributed by atoms with Crippen molar-refractivity contribution in [3.05, 3.63) is 113 Å². The minimum atomic E-state index is -1.11. The highest BCUT2D eigenvalue weighted by molar-refractivity contribution is 6.26. The van der Waals surface area contributed by atoms with Crippen molar-refractivity contribution in [1.82, 2.24) is 9.55 Å². The first-order valence-corrected chi connectivity index (χ1v) is 11.0. The minimum Gasteiger partial charge on any atom is -0.461 e. The number of imide groups is 1. The molecule has 9 heteroatoms. The van der Waals surface area contributed by atoms with E-state index in [1.54, 1.807) is 31.2 Å². The van der Waals surface area contributed by atoms with Crippen LogP contribution >= 0.6 is 0 Å². The third kappa shape index (κ3) is 4.63. The van der Waals surface area contributed by atoms with E-state index in [1.165, 1.54) is 47.3 Å². The molecule has 182 valence electrons. The highest BCUT2D eigenvalue weighted by atomic mass is 19.1. The summed E-state index contributed by atoms with van der Waals surface area (Å²) in [7, 11) is 0. The summed E-state index contributed by atoms with van der Waals surface area (Å²) in [5.74, 6) is -5.23. The van der Waals surface area contributed by atoms with Gasteiger partial charge in [0.05, 0.1) is 17.7 Å². The molecule has 0 spiro atoms. The van der Waals surface area contributed by atoms with Gasteiger partial charge in [0.2, 0.25) is 0 Å². The molecule has 0 saturated heterocycles.